The van der Waals surface area contributed by atoms with Crippen LogP contribution in [0.2, 0.25) is 0 Å². The van der Waals surface area contributed by atoms with Crippen LogP contribution in [0.1, 0.15) is 37.9 Å². The zero-order valence-corrected chi connectivity index (χ0v) is 13.5. The van der Waals surface area contributed by atoms with Crippen LogP contribution in [0.15, 0.2) is 6.20 Å². The monoisotopic (exact) mass is 302 g/mol. The minimum Gasteiger partial charge on any atom is -0.317 e. The summed E-state index contributed by atoms with van der Waals surface area (Å²) in [7, 11) is -1.35. The van der Waals surface area contributed by atoms with Crippen LogP contribution < -0.4 is 10.0 Å². The topological polar surface area (TPSA) is 76.0 Å². The molecular weight excluding hydrogens is 276 g/mol. The Hall–Kier alpha value is -0.920. The summed E-state index contributed by atoms with van der Waals surface area (Å²) in [5, 5.41) is 7.48. The van der Waals surface area contributed by atoms with E-state index in [1.165, 1.54) is 0 Å². The van der Waals surface area contributed by atoms with Crippen LogP contribution in [0.3, 0.4) is 0 Å². The van der Waals surface area contributed by atoms with Crippen LogP contribution in [0.25, 0.3) is 0 Å². The molecule has 0 unspecified atom stereocenters. The lowest BCUT2D eigenvalue weighted by Crippen LogP contribution is -2.26. The molecule has 0 fully saturated rings. The summed E-state index contributed by atoms with van der Waals surface area (Å²) in [4.78, 5) is 0. The van der Waals surface area contributed by atoms with Crippen molar-refractivity contribution in [1.29, 1.82) is 0 Å². The Morgan fingerprint density at radius 2 is 2.05 bits per heavy atom. The molecule has 116 valence electrons. The van der Waals surface area contributed by atoms with Gasteiger partial charge in [0.1, 0.15) is 0 Å². The molecule has 0 aliphatic heterocycles. The Labute approximate surface area is 122 Å². The molecule has 20 heavy (non-hydrogen) atoms. The second-order valence-corrected chi connectivity index (χ2v) is 6.76. The maximum atomic E-state index is 11.9. The van der Waals surface area contributed by atoms with E-state index in [0.717, 1.165) is 37.2 Å². The number of sulfonamides is 1. The Kier molecular flexibility index (Phi) is 7.18. The van der Waals surface area contributed by atoms with Crippen molar-refractivity contribution in [2.75, 3.05) is 18.8 Å². The lowest BCUT2D eigenvalue weighted by molar-refractivity contribution is 0.574. The molecule has 1 aromatic heterocycles. The number of rotatable bonds is 10. The number of aryl methyl sites for hydroxylation is 2. The Morgan fingerprint density at radius 1 is 1.30 bits per heavy atom. The molecule has 0 atom stereocenters. The smallest absolute Gasteiger partial charge is 0.211 e. The van der Waals surface area contributed by atoms with Crippen LogP contribution >= 0.6 is 0 Å². The summed E-state index contributed by atoms with van der Waals surface area (Å²) < 4.78 is 28.1. The Bertz CT molecular complexity index is 496. The zero-order chi connectivity index (χ0) is 15.0. The van der Waals surface area contributed by atoms with Gasteiger partial charge in [-0.05, 0) is 32.4 Å². The van der Waals surface area contributed by atoms with Crippen molar-refractivity contribution in [3.05, 3.63) is 17.5 Å². The Balaban J connectivity index is 2.38. The van der Waals surface area contributed by atoms with Crippen molar-refractivity contribution >= 4 is 10.0 Å². The number of aromatic nitrogens is 2. The molecule has 0 bridgehead atoms. The average Bonchev–Trinajstić information content (AvgIpc) is 2.77. The first-order chi connectivity index (χ1) is 9.48. The van der Waals surface area contributed by atoms with Gasteiger partial charge in [-0.25, -0.2) is 13.1 Å². The normalized spacial score (nSPS) is 11.9. The number of nitrogens with zero attached hydrogens (tertiary/aromatic N) is 2. The average molecular weight is 302 g/mol. The molecule has 1 aromatic rings. The van der Waals surface area contributed by atoms with Gasteiger partial charge in [-0.2, -0.15) is 5.10 Å². The van der Waals surface area contributed by atoms with Crippen LogP contribution in [-0.4, -0.2) is 37.0 Å². The summed E-state index contributed by atoms with van der Waals surface area (Å²) in [5.41, 5.74) is 1.90. The number of nitrogens with one attached hydrogen (secondary N) is 2. The first-order valence-electron chi connectivity index (χ1n) is 7.18. The SMILES string of the molecule is CCNCCCCS(=O)(=O)NCc1cn(C)nc1CC. The van der Waals surface area contributed by atoms with Crippen molar-refractivity contribution in [2.24, 2.45) is 7.05 Å². The highest BCUT2D eigenvalue weighted by atomic mass is 32.2. The molecule has 0 saturated carbocycles. The van der Waals surface area contributed by atoms with E-state index in [-0.39, 0.29) is 5.75 Å². The maximum absolute atomic E-state index is 11.9. The zero-order valence-electron chi connectivity index (χ0n) is 12.6. The van der Waals surface area contributed by atoms with Gasteiger partial charge in [-0.3, -0.25) is 4.68 Å². The molecule has 1 rings (SSSR count). The van der Waals surface area contributed by atoms with Gasteiger partial charge in [0, 0.05) is 25.4 Å². The molecule has 0 aromatic carbocycles. The van der Waals surface area contributed by atoms with Gasteiger partial charge in [0.25, 0.3) is 0 Å². The van der Waals surface area contributed by atoms with Crippen molar-refractivity contribution in [3.63, 3.8) is 0 Å². The molecule has 0 amide bonds. The molecule has 2 N–H and O–H groups in total. The van der Waals surface area contributed by atoms with Crippen LogP contribution in [0.5, 0.6) is 0 Å². The second kappa shape index (κ2) is 8.39. The third-order valence-corrected chi connectivity index (χ3v) is 4.49. The fourth-order valence-corrected chi connectivity index (χ4v) is 3.11. The molecule has 0 saturated heterocycles. The minimum absolute atomic E-state index is 0.181. The van der Waals surface area contributed by atoms with Gasteiger partial charge in [-0.15, -0.1) is 0 Å². The molecule has 0 spiro atoms. The van der Waals surface area contributed by atoms with E-state index in [0.29, 0.717) is 13.0 Å². The molecule has 0 radical (unpaired) electrons. The van der Waals surface area contributed by atoms with E-state index in [1.54, 1.807) is 4.68 Å². The van der Waals surface area contributed by atoms with E-state index in [2.05, 4.69) is 15.1 Å². The number of unbranched alkanes of at least 4 members (excludes halogenated alkanes) is 1. The van der Waals surface area contributed by atoms with Gasteiger partial charge in [0.2, 0.25) is 10.0 Å². The van der Waals surface area contributed by atoms with Crippen LogP contribution in [0, 0.1) is 0 Å². The molecule has 0 aliphatic rings. The second-order valence-electron chi connectivity index (χ2n) is 4.83. The molecule has 7 heteroatoms. The molecule has 6 nitrogen and oxygen atoms in total. The fraction of sp³-hybridized carbons (Fsp3) is 0.769. The third-order valence-electron chi connectivity index (χ3n) is 3.08. The van der Waals surface area contributed by atoms with Gasteiger partial charge in [0.05, 0.1) is 11.4 Å². The van der Waals surface area contributed by atoms with E-state index in [1.807, 2.05) is 27.1 Å². The summed E-state index contributed by atoms with van der Waals surface area (Å²) in [6.07, 6.45) is 4.23. The summed E-state index contributed by atoms with van der Waals surface area (Å²) in [5.74, 6) is 0.181. The first kappa shape index (κ1) is 17.1. The predicted octanol–water partition coefficient (Wildman–Crippen LogP) is 0.792. The standard InChI is InChI=1S/C13H26N4O2S/c1-4-13-12(11-17(3)16-13)10-15-20(18,19)9-7-6-8-14-5-2/h11,14-15H,4-10H2,1-3H3. The van der Waals surface area contributed by atoms with Crippen LogP contribution in [-0.2, 0) is 30.0 Å². The third kappa shape index (κ3) is 6.02. The number of hydrogen-bond donors (Lipinski definition) is 2. The summed E-state index contributed by atoms with van der Waals surface area (Å²) in [6.45, 7) is 6.17. The lowest BCUT2D eigenvalue weighted by atomic mass is 10.2. The number of hydrogen-bond acceptors (Lipinski definition) is 4. The van der Waals surface area contributed by atoms with Crippen molar-refractivity contribution < 1.29 is 8.42 Å². The van der Waals surface area contributed by atoms with Gasteiger partial charge in [-0.1, -0.05) is 13.8 Å². The highest BCUT2D eigenvalue weighted by Gasteiger charge is 2.12. The summed E-state index contributed by atoms with van der Waals surface area (Å²) >= 11 is 0. The molecular formula is C13H26N4O2S. The summed E-state index contributed by atoms with van der Waals surface area (Å²) in [6, 6.07) is 0. The molecule has 1 heterocycles. The van der Waals surface area contributed by atoms with Crippen molar-refractivity contribution in [2.45, 2.75) is 39.7 Å². The molecule has 0 aliphatic carbocycles. The first-order valence-corrected chi connectivity index (χ1v) is 8.83. The highest BCUT2D eigenvalue weighted by molar-refractivity contribution is 7.89. The van der Waals surface area contributed by atoms with E-state index >= 15 is 0 Å². The van der Waals surface area contributed by atoms with Gasteiger partial charge in [0.15, 0.2) is 0 Å². The Morgan fingerprint density at radius 3 is 2.70 bits per heavy atom. The predicted molar refractivity (Wildman–Crippen MR) is 81.0 cm³/mol. The quantitative estimate of drug-likeness (QED) is 0.627. The largest absolute Gasteiger partial charge is 0.317 e. The maximum Gasteiger partial charge on any atom is 0.211 e. The lowest BCUT2D eigenvalue weighted by Gasteiger charge is -2.06. The van der Waals surface area contributed by atoms with Crippen molar-refractivity contribution in [3.8, 4) is 0 Å². The highest BCUT2D eigenvalue weighted by Crippen LogP contribution is 2.07. The van der Waals surface area contributed by atoms with E-state index < -0.39 is 10.0 Å². The fourth-order valence-electron chi connectivity index (χ4n) is 2.01. The van der Waals surface area contributed by atoms with E-state index in [9.17, 15) is 8.42 Å². The van der Waals surface area contributed by atoms with E-state index in [4.69, 9.17) is 0 Å². The van der Waals surface area contributed by atoms with Crippen molar-refractivity contribution in [1.82, 2.24) is 19.8 Å². The van der Waals surface area contributed by atoms with Gasteiger partial charge < -0.3 is 5.32 Å². The minimum atomic E-state index is -3.20. The van der Waals surface area contributed by atoms with Gasteiger partial charge >= 0.3 is 0 Å². The van der Waals surface area contributed by atoms with Crippen LogP contribution in [0.4, 0.5) is 0 Å².